The molecule has 0 spiro atoms. The molecule has 0 saturated carbocycles. The Bertz CT molecular complexity index is 1870. The molecule has 1 aliphatic rings. The normalized spacial score (nSPS) is 15.5. The lowest BCUT2D eigenvalue weighted by atomic mass is 9.97. The third kappa shape index (κ3) is 12.8. The molecule has 3 rings (SSSR count). The average Bonchev–Trinajstić information content (AvgIpc) is 3.13. The number of carbonyl (C=O) groups excluding carboxylic acids is 7. The first kappa shape index (κ1) is 46.0. The summed E-state index contributed by atoms with van der Waals surface area (Å²) in [4.78, 5) is 88.5. The van der Waals surface area contributed by atoms with Crippen LogP contribution in [0.4, 0.5) is 13.2 Å². The van der Waals surface area contributed by atoms with Crippen molar-refractivity contribution < 1.29 is 80.7 Å². The maximum atomic E-state index is 13.2. The highest BCUT2D eigenvalue weighted by Crippen LogP contribution is 2.30. The minimum atomic E-state index is -5.33. The number of alkyl halides is 3. The van der Waals surface area contributed by atoms with Crippen molar-refractivity contribution in [2.75, 3.05) is 26.7 Å². The van der Waals surface area contributed by atoms with Crippen molar-refractivity contribution in [2.45, 2.75) is 72.3 Å². The van der Waals surface area contributed by atoms with E-state index in [0.29, 0.717) is 0 Å². The minimum Gasteiger partial charge on any atom is -0.508 e. The molecule has 0 aliphatic carbocycles. The highest BCUT2D eigenvalue weighted by atomic mass is 19.4. The molecule has 1 saturated heterocycles. The van der Waals surface area contributed by atoms with Crippen LogP contribution >= 0.6 is 0 Å². The molecule has 21 heteroatoms. The van der Waals surface area contributed by atoms with E-state index in [0.717, 1.165) is 4.90 Å². The van der Waals surface area contributed by atoms with Gasteiger partial charge in [0.2, 0.25) is 19.5 Å². The van der Waals surface area contributed by atoms with Crippen LogP contribution in [0.25, 0.3) is 0 Å². The summed E-state index contributed by atoms with van der Waals surface area (Å²) in [6, 6.07) is 6.01. The fraction of sp³-hybridized carbons (Fsp3) is 0.459. The van der Waals surface area contributed by atoms with E-state index in [2.05, 4.69) is 10.5 Å². The highest BCUT2D eigenvalue weighted by Gasteiger charge is 2.46. The maximum Gasteiger partial charge on any atom is 0.471 e. The number of nitrogens with one attached hydrogen (secondary N) is 2. The molecule has 1 fully saturated rings. The molecule has 1 aliphatic heterocycles. The second kappa shape index (κ2) is 19.2. The van der Waals surface area contributed by atoms with Crippen molar-refractivity contribution in [2.24, 2.45) is 16.0 Å². The van der Waals surface area contributed by atoms with Gasteiger partial charge < -0.3 is 49.5 Å². The van der Waals surface area contributed by atoms with Crippen molar-refractivity contribution in [3.63, 3.8) is 0 Å². The van der Waals surface area contributed by atoms with Gasteiger partial charge in [0.1, 0.15) is 23.6 Å². The molecule has 18 nitrogen and oxygen atoms in total. The first-order valence-corrected chi connectivity index (χ1v) is 17.3. The molecule has 0 radical (unpaired) electrons. The van der Waals surface area contributed by atoms with Crippen molar-refractivity contribution in [1.82, 2.24) is 15.5 Å². The number of benzene rings is 2. The zero-order valence-electron chi connectivity index (χ0n) is 32.2. The number of halogens is 3. The molecule has 2 aromatic rings. The van der Waals surface area contributed by atoms with E-state index in [1.54, 1.807) is 20.8 Å². The molecule has 3 unspecified atom stereocenters. The number of hydrogen-bond acceptors (Lipinski definition) is 15. The van der Waals surface area contributed by atoms with Crippen molar-refractivity contribution in [3.05, 3.63) is 59.7 Å². The van der Waals surface area contributed by atoms with E-state index in [4.69, 9.17) is 23.7 Å². The van der Waals surface area contributed by atoms with Crippen LogP contribution in [0.15, 0.2) is 53.7 Å². The lowest BCUT2D eigenvalue weighted by Gasteiger charge is -2.42. The first-order valence-electron chi connectivity index (χ1n) is 17.3. The Morgan fingerprint density at radius 3 is 1.84 bits per heavy atom. The van der Waals surface area contributed by atoms with Gasteiger partial charge in [0.25, 0.3) is 5.91 Å². The summed E-state index contributed by atoms with van der Waals surface area (Å²) in [6.07, 6.45) is -5.85. The Hall–Kier alpha value is -6.41. The predicted molar refractivity (Wildman–Crippen MR) is 190 cm³/mol. The van der Waals surface area contributed by atoms with E-state index in [-0.39, 0.29) is 29.2 Å². The fourth-order valence-electron chi connectivity index (χ4n) is 4.74. The number of esters is 4. The molecular formula is C37H43F3N4O14. The topological polar surface area (TPSA) is 246 Å². The number of hydrogen-bond donors (Lipinski definition) is 4. The zero-order valence-corrected chi connectivity index (χ0v) is 32.2. The molecule has 3 amide bonds. The van der Waals surface area contributed by atoms with Crippen LogP contribution in [0.5, 0.6) is 11.5 Å². The molecule has 1 heterocycles. The number of β-lactam (4-membered cyclic amide) rings is 1. The number of nitrogens with zero attached hydrogens (tertiary/aromatic N) is 2. The van der Waals surface area contributed by atoms with Crippen LogP contribution in [-0.2, 0) is 52.5 Å². The van der Waals surface area contributed by atoms with Gasteiger partial charge in [-0.15, -0.1) is 0 Å². The standard InChI is InChI=1S/C37H43F3N4O14/c1-35(2,3)33(51)57-18-55-30(48)24(42-32(50)37(38,39)40)15-16-54-23-13-9-20(10-14-23)26(43-53)28(46)41-25-17-44(29(25)47)27(21-7-11-22(45)12-8-21)31(49)56-19-58-34(52)36(4,5)6/h7-14,24-25,27,45,53H,15-19H2,1-6H3,(H,41,46)(H,42,50). The van der Waals surface area contributed by atoms with E-state index in [1.807, 2.05) is 0 Å². The molecule has 4 N–H and O–H groups in total. The lowest BCUT2D eigenvalue weighted by Crippen LogP contribution is -2.66. The number of oxime groups is 1. The van der Waals surface area contributed by atoms with Gasteiger partial charge in [0, 0.05) is 12.0 Å². The van der Waals surface area contributed by atoms with Crippen molar-refractivity contribution in [1.29, 1.82) is 0 Å². The van der Waals surface area contributed by atoms with E-state index >= 15 is 0 Å². The van der Waals surface area contributed by atoms with E-state index in [9.17, 15) is 57.0 Å². The van der Waals surface area contributed by atoms with Crippen LogP contribution in [0.3, 0.4) is 0 Å². The highest BCUT2D eigenvalue weighted by molar-refractivity contribution is 6.45. The number of amides is 3. The summed E-state index contributed by atoms with van der Waals surface area (Å²) in [5.41, 5.74) is -2.12. The van der Waals surface area contributed by atoms with Crippen LogP contribution in [0.2, 0.25) is 0 Å². The van der Waals surface area contributed by atoms with Gasteiger partial charge in [-0.1, -0.05) is 17.3 Å². The number of carbonyl (C=O) groups is 7. The summed E-state index contributed by atoms with van der Waals surface area (Å²) in [5, 5.41) is 26.3. The Balaban J connectivity index is 1.61. The van der Waals surface area contributed by atoms with Gasteiger partial charge in [-0.2, -0.15) is 13.2 Å². The minimum absolute atomic E-state index is 0.0232. The van der Waals surface area contributed by atoms with Crippen molar-refractivity contribution in [3.8, 4) is 11.5 Å². The van der Waals surface area contributed by atoms with Gasteiger partial charge in [-0.25, -0.2) is 9.59 Å². The number of ether oxygens (including phenoxy) is 5. The molecule has 0 bridgehead atoms. The second-order valence-electron chi connectivity index (χ2n) is 14.7. The zero-order chi connectivity index (χ0) is 43.6. The van der Waals surface area contributed by atoms with Crippen LogP contribution in [0.1, 0.15) is 65.1 Å². The average molecular weight is 825 g/mol. The molecule has 2 aromatic carbocycles. The summed E-state index contributed by atoms with van der Waals surface area (Å²) < 4.78 is 63.8. The summed E-state index contributed by atoms with van der Waals surface area (Å²) in [6.45, 7) is 7.03. The SMILES string of the molecule is CC(C)(C)C(=O)OCOC(=O)C(CCOc1ccc(C(=NO)C(=O)NC2CN(C(C(=O)OCOC(=O)C(C)(C)C)c3ccc(O)cc3)C2=O)cc1)NC(=O)C(F)(F)F. The second-order valence-corrected chi connectivity index (χ2v) is 14.7. The van der Waals surface area contributed by atoms with E-state index < -0.39 is 109 Å². The summed E-state index contributed by atoms with van der Waals surface area (Å²) in [7, 11) is 0. The van der Waals surface area contributed by atoms with Crippen LogP contribution in [-0.4, -0.2) is 108 Å². The molecule has 316 valence electrons. The Kier molecular flexibility index (Phi) is 15.2. The molecule has 58 heavy (non-hydrogen) atoms. The van der Waals surface area contributed by atoms with Gasteiger partial charge in [0.05, 0.1) is 24.0 Å². The van der Waals surface area contributed by atoms with E-state index in [1.165, 1.54) is 74.6 Å². The first-order chi connectivity index (χ1) is 26.9. The van der Waals surface area contributed by atoms with Crippen LogP contribution < -0.4 is 15.4 Å². The van der Waals surface area contributed by atoms with Gasteiger partial charge in [-0.05, 0) is 83.5 Å². The number of phenolic OH excluding ortho intramolecular Hbond substituents is 1. The maximum absolute atomic E-state index is 13.2. The largest absolute Gasteiger partial charge is 0.508 e. The van der Waals surface area contributed by atoms with Gasteiger partial charge >= 0.3 is 36.0 Å². The fourth-order valence-corrected chi connectivity index (χ4v) is 4.74. The lowest BCUT2D eigenvalue weighted by molar-refractivity contribution is -0.180. The van der Waals surface area contributed by atoms with Gasteiger partial charge in [-0.3, -0.25) is 24.0 Å². The Morgan fingerprint density at radius 1 is 0.828 bits per heavy atom. The molecule has 0 aromatic heterocycles. The number of likely N-dealkylation sites (tertiary alicyclic amines) is 1. The predicted octanol–water partition coefficient (Wildman–Crippen LogP) is 2.63. The third-order valence-electron chi connectivity index (χ3n) is 7.98. The number of phenols is 1. The summed E-state index contributed by atoms with van der Waals surface area (Å²) >= 11 is 0. The third-order valence-corrected chi connectivity index (χ3v) is 7.98. The Morgan fingerprint density at radius 2 is 1.36 bits per heavy atom. The van der Waals surface area contributed by atoms with Crippen molar-refractivity contribution >= 4 is 47.3 Å². The quantitative estimate of drug-likeness (QED) is 0.0475. The Labute approximate surface area is 329 Å². The number of rotatable bonds is 16. The smallest absolute Gasteiger partial charge is 0.471 e. The summed E-state index contributed by atoms with van der Waals surface area (Å²) in [5.74, 6) is -7.91. The van der Waals surface area contributed by atoms with Crippen LogP contribution in [0, 0.1) is 10.8 Å². The molecule has 3 atom stereocenters. The van der Waals surface area contributed by atoms with Gasteiger partial charge in [0.15, 0.2) is 11.8 Å². The molecular weight excluding hydrogens is 781 g/mol. The monoisotopic (exact) mass is 824 g/mol. The number of aromatic hydroxyl groups is 1.